The molecule has 0 N–H and O–H groups in total. The molecular formula is C21H25N3O5. The zero-order chi connectivity index (χ0) is 20.8. The number of carbonyl (C=O) groups excluding carboxylic acids is 2. The van der Waals surface area contributed by atoms with Gasteiger partial charge in [0, 0.05) is 11.8 Å². The van der Waals surface area contributed by atoms with Crippen molar-refractivity contribution in [2.45, 2.75) is 46.1 Å². The van der Waals surface area contributed by atoms with Gasteiger partial charge in [-0.15, -0.1) is 10.2 Å². The van der Waals surface area contributed by atoms with E-state index < -0.39 is 18.0 Å². The molecule has 0 aliphatic rings. The Morgan fingerprint density at radius 3 is 2.41 bits per heavy atom. The summed E-state index contributed by atoms with van der Waals surface area (Å²) in [6.45, 7) is 5.74. The van der Waals surface area contributed by atoms with Gasteiger partial charge in [-0.2, -0.15) is 0 Å². The van der Waals surface area contributed by atoms with Gasteiger partial charge < -0.3 is 18.5 Å². The Labute approximate surface area is 168 Å². The number of esters is 2. The molecule has 0 fully saturated rings. The Morgan fingerprint density at radius 1 is 1.07 bits per heavy atom. The number of nitrogens with zero attached hydrogens (tertiary/aromatic N) is 3. The molecule has 0 saturated carbocycles. The molecule has 0 unspecified atom stereocenters. The van der Waals surface area contributed by atoms with Gasteiger partial charge in [-0.3, -0.25) is 0 Å². The van der Waals surface area contributed by atoms with Crippen LogP contribution in [0.3, 0.4) is 0 Å². The molecule has 0 radical (unpaired) electrons. The van der Waals surface area contributed by atoms with Crippen LogP contribution in [0.25, 0.3) is 22.5 Å². The van der Waals surface area contributed by atoms with Crippen LogP contribution in [0.2, 0.25) is 0 Å². The average Bonchev–Trinajstić information content (AvgIpc) is 3.32. The summed E-state index contributed by atoms with van der Waals surface area (Å²) in [6.07, 6.45) is 2.60. The third-order valence-electron chi connectivity index (χ3n) is 4.46. The number of benzene rings is 1. The number of aromatic nitrogens is 3. The lowest BCUT2D eigenvalue weighted by Crippen LogP contribution is -2.31. The van der Waals surface area contributed by atoms with Crippen molar-refractivity contribution in [3.8, 4) is 11.6 Å². The molecule has 0 saturated heterocycles. The maximum atomic E-state index is 12.7. The number of hydrogen-bond donors (Lipinski definition) is 0. The lowest BCUT2D eigenvalue weighted by molar-refractivity contribution is -0.160. The number of fused-ring (bicyclic) bond motifs is 1. The summed E-state index contributed by atoms with van der Waals surface area (Å²) in [5, 5.41) is 9.08. The van der Waals surface area contributed by atoms with E-state index in [1.54, 1.807) is 18.4 Å². The van der Waals surface area contributed by atoms with E-state index in [9.17, 15) is 9.59 Å². The summed E-state index contributed by atoms with van der Waals surface area (Å²) in [4.78, 5) is 25.4. The fourth-order valence-corrected chi connectivity index (χ4v) is 3.15. The van der Waals surface area contributed by atoms with Crippen molar-refractivity contribution in [1.29, 1.82) is 0 Å². The highest BCUT2D eigenvalue weighted by atomic mass is 16.6. The second kappa shape index (κ2) is 9.36. The molecule has 1 aromatic carbocycles. The Kier molecular flexibility index (Phi) is 6.64. The Bertz CT molecular complexity index is 973. The highest BCUT2D eigenvalue weighted by Crippen LogP contribution is 2.32. The molecule has 3 aromatic rings. The van der Waals surface area contributed by atoms with Crippen LogP contribution in [0, 0.1) is 0 Å². The van der Waals surface area contributed by atoms with Crippen molar-refractivity contribution >= 4 is 22.8 Å². The van der Waals surface area contributed by atoms with E-state index in [0.717, 1.165) is 18.2 Å². The van der Waals surface area contributed by atoms with Gasteiger partial charge in [0.15, 0.2) is 0 Å². The van der Waals surface area contributed by atoms with Crippen LogP contribution in [-0.2, 0) is 25.5 Å². The first-order valence-corrected chi connectivity index (χ1v) is 9.86. The van der Waals surface area contributed by atoms with E-state index in [4.69, 9.17) is 13.9 Å². The van der Waals surface area contributed by atoms with Crippen molar-refractivity contribution < 1.29 is 23.5 Å². The SMILES string of the molecule is CCCCc1nnc(-c2cc3ccccc3n2C(C(=O)OCC)C(=O)OCC)o1. The van der Waals surface area contributed by atoms with Crippen molar-refractivity contribution in [3.05, 3.63) is 36.2 Å². The molecule has 29 heavy (non-hydrogen) atoms. The quantitative estimate of drug-likeness (QED) is 0.400. The number of ether oxygens (including phenoxy) is 2. The fourth-order valence-electron chi connectivity index (χ4n) is 3.15. The van der Waals surface area contributed by atoms with Gasteiger partial charge >= 0.3 is 11.9 Å². The number of carbonyl (C=O) groups is 2. The van der Waals surface area contributed by atoms with Crippen LogP contribution in [0.15, 0.2) is 34.7 Å². The first-order chi connectivity index (χ1) is 14.1. The normalized spacial score (nSPS) is 11.2. The van der Waals surface area contributed by atoms with Crippen LogP contribution in [0.5, 0.6) is 0 Å². The topological polar surface area (TPSA) is 96.5 Å². The van der Waals surface area contributed by atoms with Crippen molar-refractivity contribution in [2.24, 2.45) is 0 Å². The molecule has 8 heteroatoms. The van der Waals surface area contributed by atoms with Crippen LogP contribution in [-0.4, -0.2) is 39.9 Å². The third-order valence-corrected chi connectivity index (χ3v) is 4.46. The average molecular weight is 399 g/mol. The molecule has 0 spiro atoms. The van der Waals surface area contributed by atoms with Gasteiger partial charge in [0.05, 0.1) is 18.7 Å². The Hall–Kier alpha value is -3.16. The molecule has 0 atom stereocenters. The minimum atomic E-state index is -1.31. The largest absolute Gasteiger partial charge is 0.464 e. The van der Waals surface area contributed by atoms with Crippen LogP contribution in [0.1, 0.15) is 45.5 Å². The zero-order valence-corrected chi connectivity index (χ0v) is 16.9. The fraction of sp³-hybridized carbons (Fsp3) is 0.429. The molecule has 2 heterocycles. The lowest BCUT2D eigenvalue weighted by Gasteiger charge is -2.19. The maximum Gasteiger partial charge on any atom is 0.340 e. The van der Waals surface area contributed by atoms with E-state index >= 15 is 0 Å². The van der Waals surface area contributed by atoms with E-state index in [0.29, 0.717) is 23.5 Å². The van der Waals surface area contributed by atoms with Gasteiger partial charge in [-0.1, -0.05) is 31.5 Å². The zero-order valence-electron chi connectivity index (χ0n) is 16.9. The molecule has 0 aliphatic heterocycles. The molecule has 8 nitrogen and oxygen atoms in total. The Balaban J connectivity index is 2.15. The summed E-state index contributed by atoms with van der Waals surface area (Å²) >= 11 is 0. The highest BCUT2D eigenvalue weighted by molar-refractivity contribution is 6.00. The van der Waals surface area contributed by atoms with E-state index in [1.807, 2.05) is 30.3 Å². The minimum absolute atomic E-state index is 0.144. The van der Waals surface area contributed by atoms with Gasteiger partial charge in [0.1, 0.15) is 5.69 Å². The molecule has 0 amide bonds. The smallest absolute Gasteiger partial charge is 0.340 e. The number of unbranched alkanes of at least 4 members (excludes halogenated alkanes) is 1. The lowest BCUT2D eigenvalue weighted by atomic mass is 10.2. The summed E-state index contributed by atoms with van der Waals surface area (Å²) in [6, 6.07) is 7.92. The third kappa shape index (κ3) is 4.31. The van der Waals surface area contributed by atoms with E-state index in [2.05, 4.69) is 17.1 Å². The monoisotopic (exact) mass is 399 g/mol. The van der Waals surface area contributed by atoms with Gasteiger partial charge in [0.2, 0.25) is 11.9 Å². The summed E-state index contributed by atoms with van der Waals surface area (Å²) < 4.78 is 17.7. The number of rotatable bonds is 9. The predicted octanol–water partition coefficient (Wildman–Crippen LogP) is 3.70. The second-order valence-corrected chi connectivity index (χ2v) is 6.47. The highest BCUT2D eigenvalue weighted by Gasteiger charge is 2.35. The standard InChI is InChI=1S/C21H25N3O5/c1-4-7-12-17-22-23-19(29-17)16-13-14-10-8-9-11-15(14)24(16)18(20(25)27-5-2)21(26)28-6-3/h8-11,13,18H,4-7,12H2,1-3H3. The van der Waals surface area contributed by atoms with Gasteiger partial charge in [0.25, 0.3) is 5.89 Å². The van der Waals surface area contributed by atoms with Crippen molar-refractivity contribution in [2.75, 3.05) is 13.2 Å². The summed E-state index contributed by atoms with van der Waals surface area (Å²) in [7, 11) is 0. The minimum Gasteiger partial charge on any atom is -0.464 e. The van der Waals surface area contributed by atoms with Crippen LogP contribution >= 0.6 is 0 Å². The van der Waals surface area contributed by atoms with Crippen molar-refractivity contribution in [1.82, 2.24) is 14.8 Å². The van der Waals surface area contributed by atoms with Gasteiger partial charge in [-0.25, -0.2) is 9.59 Å². The molecule has 154 valence electrons. The Morgan fingerprint density at radius 2 is 1.76 bits per heavy atom. The van der Waals surface area contributed by atoms with E-state index in [1.165, 1.54) is 0 Å². The molecule has 0 bridgehead atoms. The molecular weight excluding hydrogens is 374 g/mol. The molecule has 2 aromatic heterocycles. The number of para-hydroxylation sites is 1. The van der Waals surface area contributed by atoms with Gasteiger partial charge in [-0.05, 0) is 32.4 Å². The van der Waals surface area contributed by atoms with Crippen LogP contribution < -0.4 is 0 Å². The second-order valence-electron chi connectivity index (χ2n) is 6.47. The molecule has 0 aliphatic carbocycles. The maximum absolute atomic E-state index is 12.7. The predicted molar refractivity (Wildman–Crippen MR) is 106 cm³/mol. The number of hydrogen-bond acceptors (Lipinski definition) is 7. The first-order valence-electron chi connectivity index (χ1n) is 9.86. The summed E-state index contributed by atoms with van der Waals surface area (Å²) in [5.74, 6) is -0.632. The first kappa shape index (κ1) is 20.6. The van der Waals surface area contributed by atoms with Crippen molar-refractivity contribution in [3.63, 3.8) is 0 Å². The number of aryl methyl sites for hydroxylation is 1. The van der Waals surface area contributed by atoms with E-state index in [-0.39, 0.29) is 19.1 Å². The van der Waals surface area contributed by atoms with Crippen LogP contribution in [0.4, 0.5) is 0 Å². The summed E-state index contributed by atoms with van der Waals surface area (Å²) in [5.41, 5.74) is 1.13. The molecule has 3 rings (SSSR count).